The van der Waals surface area contributed by atoms with E-state index in [1.165, 1.54) is 0 Å². The summed E-state index contributed by atoms with van der Waals surface area (Å²) in [6.07, 6.45) is -1.59. The first-order chi connectivity index (χ1) is 15.6. The van der Waals surface area contributed by atoms with Crippen LogP contribution < -0.4 is 0 Å². The predicted molar refractivity (Wildman–Crippen MR) is 129 cm³/mol. The van der Waals surface area contributed by atoms with Gasteiger partial charge in [-0.05, 0) is 24.3 Å². The number of hydrogen-bond acceptors (Lipinski definition) is 7. The summed E-state index contributed by atoms with van der Waals surface area (Å²) in [6, 6.07) is 14.9. The summed E-state index contributed by atoms with van der Waals surface area (Å²) >= 11 is 6.85. The summed E-state index contributed by atoms with van der Waals surface area (Å²) in [5, 5.41) is 20.5. The van der Waals surface area contributed by atoms with Crippen LogP contribution in [0, 0.1) is 17.3 Å². The Morgan fingerprint density at radius 2 is 1.39 bits per heavy atom. The Bertz CT molecular complexity index is 1160. The van der Waals surface area contributed by atoms with E-state index in [1.54, 1.807) is 0 Å². The zero-order chi connectivity index (χ0) is 23.5. The molecule has 0 amide bonds. The number of hydrogen-bond donors (Lipinski definition) is 1. The number of nitrogens with zero attached hydrogens (tertiary/aromatic N) is 2. The van der Waals surface area contributed by atoms with Crippen molar-refractivity contribution < 1.29 is 24.3 Å². The van der Waals surface area contributed by atoms with E-state index in [-0.39, 0.29) is 0 Å². The lowest BCUT2D eigenvalue weighted by molar-refractivity contribution is -0.254. The van der Waals surface area contributed by atoms with Crippen molar-refractivity contribution in [2.45, 2.75) is 38.8 Å². The first-order valence-corrected chi connectivity index (χ1v) is 12.1. The third-order valence-electron chi connectivity index (χ3n) is 6.23. The predicted octanol–water partition coefficient (Wildman–Crippen LogP) is 4.64. The molecule has 172 valence electrons. The van der Waals surface area contributed by atoms with E-state index in [9.17, 15) is 9.90 Å². The summed E-state index contributed by atoms with van der Waals surface area (Å²) in [4.78, 5) is 24.6. The number of carbonyl (C=O) groups excluding carboxylic acids is 1. The quantitative estimate of drug-likeness (QED) is 0.537. The largest absolute Gasteiger partial charge is 0.427 e. The number of rotatable bonds is 3. The van der Waals surface area contributed by atoms with Gasteiger partial charge in [0.2, 0.25) is 6.10 Å². The van der Waals surface area contributed by atoms with Crippen molar-refractivity contribution in [3.05, 3.63) is 68.6 Å². The highest BCUT2D eigenvalue weighted by Crippen LogP contribution is 2.49. The van der Waals surface area contributed by atoms with Crippen molar-refractivity contribution in [1.82, 2.24) is 0 Å². The van der Waals surface area contributed by atoms with Crippen LogP contribution in [0.1, 0.15) is 31.9 Å². The minimum Gasteiger partial charge on any atom is -0.427 e. The van der Waals surface area contributed by atoms with Crippen molar-refractivity contribution in [2.75, 3.05) is 0 Å². The minimum absolute atomic E-state index is 0.417. The van der Waals surface area contributed by atoms with Crippen LogP contribution >= 0.6 is 31.9 Å². The third kappa shape index (κ3) is 3.70. The molecule has 1 saturated heterocycles. The lowest BCUT2D eigenvalue weighted by atomic mass is 9.72. The molecule has 5 atom stereocenters. The maximum atomic E-state index is 13.1. The molecule has 0 bridgehead atoms. The summed E-state index contributed by atoms with van der Waals surface area (Å²) in [7, 11) is 0. The zero-order valence-electron chi connectivity index (χ0n) is 18.2. The molecule has 0 saturated carbocycles. The summed E-state index contributed by atoms with van der Waals surface area (Å²) < 4.78 is 7.52. The van der Waals surface area contributed by atoms with Gasteiger partial charge in [0.15, 0.2) is 0 Å². The van der Waals surface area contributed by atoms with Crippen LogP contribution in [0.4, 0.5) is 0 Å². The van der Waals surface area contributed by atoms with E-state index < -0.39 is 41.2 Å². The fraction of sp³-hybridized carbons (Fsp3) is 0.375. The van der Waals surface area contributed by atoms with Crippen LogP contribution in [0.3, 0.4) is 0 Å². The number of aliphatic hydroxyl groups is 1. The molecule has 33 heavy (non-hydrogen) atoms. The Labute approximate surface area is 208 Å². The van der Waals surface area contributed by atoms with E-state index in [1.807, 2.05) is 69.3 Å². The van der Waals surface area contributed by atoms with Gasteiger partial charge in [-0.2, -0.15) is 0 Å². The molecule has 0 aromatic heterocycles. The lowest BCUT2D eigenvalue weighted by Crippen LogP contribution is -2.56. The first-order valence-electron chi connectivity index (χ1n) is 10.5. The molecule has 3 heterocycles. The smallest absolute Gasteiger partial charge is 0.322 e. The number of cyclic esters (lactones) is 1. The van der Waals surface area contributed by atoms with Crippen LogP contribution in [-0.2, 0) is 19.2 Å². The lowest BCUT2D eigenvalue weighted by Gasteiger charge is -2.38. The molecular weight excluding hydrogens is 556 g/mol. The minimum atomic E-state index is -2.01. The average Bonchev–Trinajstić information content (AvgIpc) is 3.45. The van der Waals surface area contributed by atoms with Gasteiger partial charge < -0.3 is 19.5 Å². The van der Waals surface area contributed by atoms with Crippen LogP contribution in [-0.4, -0.2) is 40.5 Å². The number of ether oxygens (including phenoxy) is 1. The van der Waals surface area contributed by atoms with Gasteiger partial charge in [-0.1, -0.05) is 87.2 Å². The van der Waals surface area contributed by atoms with Gasteiger partial charge in [-0.25, -0.2) is 0 Å². The van der Waals surface area contributed by atoms with Gasteiger partial charge in [0.1, 0.15) is 29.4 Å². The van der Waals surface area contributed by atoms with Gasteiger partial charge in [-0.3, -0.25) is 4.79 Å². The van der Waals surface area contributed by atoms with Crippen molar-refractivity contribution in [1.29, 1.82) is 0 Å². The highest BCUT2D eigenvalue weighted by atomic mass is 79.9. The van der Waals surface area contributed by atoms with Gasteiger partial charge in [0, 0.05) is 25.5 Å². The molecule has 3 aliphatic rings. The second kappa shape index (κ2) is 7.92. The maximum absolute atomic E-state index is 13.1. The van der Waals surface area contributed by atoms with E-state index in [0.717, 1.165) is 20.1 Å². The second-order valence-electron chi connectivity index (χ2n) is 9.51. The number of halogens is 2. The Morgan fingerprint density at radius 3 is 1.94 bits per heavy atom. The summed E-state index contributed by atoms with van der Waals surface area (Å²) in [6.45, 7) is 5.96. The topological polar surface area (TPSA) is 89.7 Å². The Morgan fingerprint density at radius 1 is 0.879 bits per heavy atom. The van der Waals surface area contributed by atoms with Crippen molar-refractivity contribution in [3.8, 4) is 0 Å². The monoisotopic (exact) mass is 576 g/mol. The van der Waals surface area contributed by atoms with Crippen molar-refractivity contribution >= 4 is 49.3 Å². The van der Waals surface area contributed by atoms with E-state index in [2.05, 4.69) is 42.2 Å². The fourth-order valence-corrected chi connectivity index (χ4v) is 5.13. The standard InChI is InChI=1S/C24H22Br2N2O5/c1-23(2,3)21-17(19(28-33-21)13-6-10-15(26)11-7-13)24(30)20-16(22(29)31-24)18(27-32-20)12-4-8-14(25)9-5-12/h4-11,16-17,20-21,30H,1-3H3. The normalized spacial score (nSPS) is 30.8. The first kappa shape index (κ1) is 22.6. The van der Waals surface area contributed by atoms with Crippen molar-refractivity contribution in [3.63, 3.8) is 0 Å². The van der Waals surface area contributed by atoms with Gasteiger partial charge in [0.25, 0.3) is 5.79 Å². The van der Waals surface area contributed by atoms with Crippen LogP contribution in [0.25, 0.3) is 0 Å². The number of carbonyl (C=O) groups is 1. The Hall–Kier alpha value is -2.23. The number of fused-ring (bicyclic) bond motifs is 1. The molecule has 1 fully saturated rings. The summed E-state index contributed by atoms with van der Waals surface area (Å²) in [5.41, 5.74) is 2.00. The maximum Gasteiger partial charge on any atom is 0.322 e. The summed E-state index contributed by atoms with van der Waals surface area (Å²) in [5.74, 6) is -4.24. The Kier molecular flexibility index (Phi) is 5.42. The molecule has 2 aromatic rings. The zero-order valence-corrected chi connectivity index (χ0v) is 21.3. The highest BCUT2D eigenvalue weighted by molar-refractivity contribution is 9.10. The molecule has 2 aromatic carbocycles. The molecule has 1 N–H and O–H groups in total. The molecule has 7 nitrogen and oxygen atoms in total. The SMILES string of the molecule is CC(C)(C)C1ON=C(c2ccc(Br)cc2)C1C1(O)OC(=O)C2C(c3ccc(Br)cc3)=NOC21. The molecule has 0 radical (unpaired) electrons. The Balaban J connectivity index is 1.54. The molecule has 5 rings (SSSR count). The number of benzene rings is 2. The molecular formula is C24H22Br2N2O5. The molecule has 5 unspecified atom stereocenters. The van der Waals surface area contributed by atoms with Crippen LogP contribution in [0.15, 0.2) is 67.8 Å². The van der Waals surface area contributed by atoms with Crippen LogP contribution in [0.2, 0.25) is 0 Å². The van der Waals surface area contributed by atoms with Gasteiger partial charge in [-0.15, -0.1) is 0 Å². The van der Waals surface area contributed by atoms with E-state index in [4.69, 9.17) is 14.4 Å². The average molecular weight is 578 g/mol. The molecule has 3 aliphatic heterocycles. The highest BCUT2D eigenvalue weighted by Gasteiger charge is 2.69. The van der Waals surface area contributed by atoms with E-state index >= 15 is 0 Å². The molecule has 0 spiro atoms. The molecule has 0 aliphatic carbocycles. The van der Waals surface area contributed by atoms with Crippen molar-refractivity contribution in [2.24, 2.45) is 27.6 Å². The third-order valence-corrected chi connectivity index (χ3v) is 7.29. The van der Waals surface area contributed by atoms with Gasteiger partial charge >= 0.3 is 5.97 Å². The van der Waals surface area contributed by atoms with E-state index in [0.29, 0.717) is 11.4 Å². The van der Waals surface area contributed by atoms with Crippen LogP contribution in [0.5, 0.6) is 0 Å². The number of esters is 1. The second-order valence-corrected chi connectivity index (χ2v) is 11.3. The fourth-order valence-electron chi connectivity index (χ4n) is 4.60. The molecule has 9 heteroatoms. The van der Waals surface area contributed by atoms with Gasteiger partial charge in [0.05, 0.1) is 0 Å². The number of oxime groups is 2.